The Labute approximate surface area is 204 Å². The van der Waals surface area contributed by atoms with Gasteiger partial charge in [-0.15, -0.1) is 0 Å². The van der Waals surface area contributed by atoms with Crippen LogP contribution in [0.5, 0.6) is 0 Å². The number of anilines is 2. The number of nitrogens with zero attached hydrogens (tertiary/aromatic N) is 5. The first kappa shape index (κ1) is 21.9. The normalized spacial score (nSPS) is 16.9. The largest absolute Gasteiger partial charge is 0.394 e. The van der Waals surface area contributed by atoms with Gasteiger partial charge in [-0.2, -0.15) is 0 Å². The predicted octanol–water partition coefficient (Wildman–Crippen LogP) is 3.52. The van der Waals surface area contributed by atoms with E-state index in [1.165, 1.54) is 18.4 Å². The summed E-state index contributed by atoms with van der Waals surface area (Å²) in [6.45, 7) is 3.67. The third-order valence-electron chi connectivity index (χ3n) is 6.78. The third kappa shape index (κ3) is 4.54. The van der Waals surface area contributed by atoms with Crippen molar-refractivity contribution in [3.05, 3.63) is 72.2 Å². The van der Waals surface area contributed by atoms with Crippen LogP contribution in [0.1, 0.15) is 35.9 Å². The number of aliphatic hydroxyl groups excluding tert-OH is 1. The number of rotatable bonds is 7. The first-order valence-electron chi connectivity index (χ1n) is 12.3. The van der Waals surface area contributed by atoms with E-state index in [0.29, 0.717) is 17.6 Å². The Morgan fingerprint density at radius 3 is 2.66 bits per heavy atom. The van der Waals surface area contributed by atoms with Gasteiger partial charge in [-0.3, -0.25) is 4.98 Å². The van der Waals surface area contributed by atoms with E-state index < -0.39 is 0 Å². The van der Waals surface area contributed by atoms with Gasteiger partial charge < -0.3 is 20.6 Å². The van der Waals surface area contributed by atoms with Crippen LogP contribution >= 0.6 is 0 Å². The smallest absolute Gasteiger partial charge is 0.162 e. The van der Waals surface area contributed by atoms with Gasteiger partial charge in [-0.25, -0.2) is 15.0 Å². The highest BCUT2D eigenvalue weighted by atomic mass is 16.3. The highest BCUT2D eigenvalue weighted by Gasteiger charge is 2.29. The molecule has 0 amide bonds. The lowest BCUT2D eigenvalue weighted by Gasteiger charge is -2.30. The summed E-state index contributed by atoms with van der Waals surface area (Å²) in [4.78, 5) is 21.4. The zero-order chi connectivity index (χ0) is 23.6. The number of aliphatic hydroxyl groups is 1. The van der Waals surface area contributed by atoms with E-state index in [1.54, 1.807) is 6.20 Å². The van der Waals surface area contributed by atoms with Crippen molar-refractivity contribution in [3.8, 4) is 11.4 Å². The van der Waals surface area contributed by atoms with Crippen LogP contribution in [-0.4, -0.2) is 57.8 Å². The molecular weight excluding hydrogens is 438 g/mol. The number of piperazine rings is 1. The van der Waals surface area contributed by atoms with Gasteiger partial charge in [0.1, 0.15) is 11.6 Å². The first-order valence-corrected chi connectivity index (χ1v) is 12.3. The van der Waals surface area contributed by atoms with Crippen LogP contribution in [0.3, 0.4) is 0 Å². The van der Waals surface area contributed by atoms with Gasteiger partial charge in [0.05, 0.1) is 24.4 Å². The number of aromatic nitrogens is 4. The van der Waals surface area contributed by atoms with Crippen LogP contribution < -0.4 is 15.5 Å². The Morgan fingerprint density at radius 2 is 1.89 bits per heavy atom. The minimum absolute atomic E-state index is 0.0366. The summed E-state index contributed by atoms with van der Waals surface area (Å²) in [5.74, 6) is 2.89. The van der Waals surface area contributed by atoms with E-state index in [-0.39, 0.29) is 12.6 Å². The topological polar surface area (TPSA) is 99.1 Å². The molecule has 1 saturated carbocycles. The minimum Gasteiger partial charge on any atom is -0.394 e. The van der Waals surface area contributed by atoms with Gasteiger partial charge in [0.2, 0.25) is 0 Å². The van der Waals surface area contributed by atoms with Crippen molar-refractivity contribution < 1.29 is 5.11 Å². The highest BCUT2D eigenvalue weighted by Crippen LogP contribution is 2.44. The fourth-order valence-electron chi connectivity index (χ4n) is 4.77. The zero-order valence-electron chi connectivity index (χ0n) is 19.6. The van der Waals surface area contributed by atoms with Gasteiger partial charge in [0.15, 0.2) is 5.82 Å². The number of nitrogens with one attached hydrogen (secondary N) is 2. The van der Waals surface area contributed by atoms with Crippen LogP contribution in [0.25, 0.3) is 22.3 Å². The molecule has 1 unspecified atom stereocenters. The van der Waals surface area contributed by atoms with E-state index in [4.69, 9.17) is 9.97 Å². The Kier molecular flexibility index (Phi) is 5.98. The first-order chi connectivity index (χ1) is 17.3. The number of hydrogen-bond acceptors (Lipinski definition) is 8. The molecule has 3 N–H and O–H groups in total. The Hall–Kier alpha value is -3.62. The van der Waals surface area contributed by atoms with Crippen molar-refractivity contribution in [3.63, 3.8) is 0 Å². The molecule has 1 saturated heterocycles. The Balaban J connectivity index is 1.40. The average molecular weight is 468 g/mol. The van der Waals surface area contributed by atoms with Gasteiger partial charge in [0, 0.05) is 49.5 Å². The van der Waals surface area contributed by atoms with Crippen LogP contribution in [0, 0.1) is 0 Å². The number of fused-ring (bicyclic) bond motifs is 1. The lowest BCUT2D eigenvalue weighted by molar-refractivity contribution is 0.276. The molecular formula is C27H29N7O. The highest BCUT2D eigenvalue weighted by molar-refractivity contribution is 5.94. The summed E-state index contributed by atoms with van der Waals surface area (Å²) in [6.07, 6.45) is 8.03. The molecule has 0 spiro atoms. The summed E-state index contributed by atoms with van der Waals surface area (Å²) in [5.41, 5.74) is 4.04. The Morgan fingerprint density at radius 1 is 1.06 bits per heavy atom. The van der Waals surface area contributed by atoms with E-state index >= 15 is 0 Å². The monoisotopic (exact) mass is 467 g/mol. The summed E-state index contributed by atoms with van der Waals surface area (Å²) in [6, 6.07) is 13.5. The molecule has 1 aliphatic carbocycles. The molecule has 8 nitrogen and oxygen atoms in total. The van der Waals surface area contributed by atoms with Crippen molar-refractivity contribution in [2.24, 2.45) is 0 Å². The predicted molar refractivity (Wildman–Crippen MR) is 138 cm³/mol. The molecule has 4 heterocycles. The van der Waals surface area contributed by atoms with Crippen molar-refractivity contribution in [2.75, 3.05) is 43.0 Å². The molecule has 4 aromatic rings. The summed E-state index contributed by atoms with van der Waals surface area (Å²) >= 11 is 0. The van der Waals surface area contributed by atoms with E-state index in [1.807, 2.05) is 54.9 Å². The van der Waals surface area contributed by atoms with Crippen molar-refractivity contribution in [2.45, 2.75) is 24.8 Å². The molecule has 8 heteroatoms. The SMILES string of the molecule is OCC(Nc1cc(-c2nc(N3CCNCC3)c3c(C4CC4)cncc3n2)ccn1)c1ccccc1. The van der Waals surface area contributed by atoms with Gasteiger partial charge >= 0.3 is 0 Å². The summed E-state index contributed by atoms with van der Waals surface area (Å²) in [7, 11) is 0. The van der Waals surface area contributed by atoms with Crippen LogP contribution in [0.15, 0.2) is 61.1 Å². The van der Waals surface area contributed by atoms with Gasteiger partial charge in [-0.1, -0.05) is 30.3 Å². The van der Waals surface area contributed by atoms with Gasteiger partial charge in [0.25, 0.3) is 0 Å². The standard InChI is InChI=1S/C27H29N7O/c35-17-23(19-4-2-1-3-5-19)31-24-14-20(8-9-30-24)26-32-22-16-29-15-21(18-6-7-18)25(22)27(33-26)34-12-10-28-11-13-34/h1-5,8-9,14-16,18,23,28,35H,6-7,10-13,17H2,(H,30,31). The summed E-state index contributed by atoms with van der Waals surface area (Å²) < 4.78 is 0. The molecule has 2 aliphatic rings. The fourth-order valence-corrected chi connectivity index (χ4v) is 4.77. The molecule has 178 valence electrons. The third-order valence-corrected chi connectivity index (χ3v) is 6.78. The molecule has 1 atom stereocenters. The Bertz CT molecular complexity index is 1320. The van der Waals surface area contributed by atoms with E-state index in [9.17, 15) is 5.11 Å². The van der Waals surface area contributed by atoms with Crippen LogP contribution in [0.2, 0.25) is 0 Å². The van der Waals surface area contributed by atoms with Crippen molar-refractivity contribution >= 4 is 22.5 Å². The molecule has 35 heavy (non-hydrogen) atoms. The maximum absolute atomic E-state index is 9.97. The lowest BCUT2D eigenvalue weighted by atomic mass is 10.1. The molecule has 1 aromatic carbocycles. The van der Waals surface area contributed by atoms with E-state index in [2.05, 4.69) is 25.5 Å². The van der Waals surface area contributed by atoms with E-state index in [0.717, 1.165) is 54.0 Å². The molecule has 1 aliphatic heterocycles. The molecule has 6 rings (SSSR count). The van der Waals surface area contributed by atoms with Gasteiger partial charge in [-0.05, 0) is 42.0 Å². The molecule has 0 bridgehead atoms. The van der Waals surface area contributed by atoms with Crippen molar-refractivity contribution in [1.82, 2.24) is 25.3 Å². The second-order valence-electron chi connectivity index (χ2n) is 9.22. The minimum atomic E-state index is -0.252. The molecule has 0 radical (unpaired) electrons. The van der Waals surface area contributed by atoms with Crippen LogP contribution in [-0.2, 0) is 0 Å². The summed E-state index contributed by atoms with van der Waals surface area (Å²) in [5, 5.41) is 17.9. The molecule has 2 fully saturated rings. The maximum Gasteiger partial charge on any atom is 0.162 e. The number of benzene rings is 1. The number of pyridine rings is 2. The van der Waals surface area contributed by atoms with Crippen molar-refractivity contribution in [1.29, 1.82) is 0 Å². The van der Waals surface area contributed by atoms with Crippen LogP contribution in [0.4, 0.5) is 11.6 Å². The second kappa shape index (κ2) is 9.56. The lowest BCUT2D eigenvalue weighted by Crippen LogP contribution is -2.44. The average Bonchev–Trinajstić information content (AvgIpc) is 3.77. The second-order valence-corrected chi connectivity index (χ2v) is 9.22. The fraction of sp³-hybridized carbons (Fsp3) is 0.333. The zero-order valence-corrected chi connectivity index (χ0v) is 19.6. The quantitative estimate of drug-likeness (QED) is 0.380. The maximum atomic E-state index is 9.97. The molecule has 3 aromatic heterocycles. The number of hydrogen-bond donors (Lipinski definition) is 3.